The van der Waals surface area contributed by atoms with Crippen molar-refractivity contribution in [2.75, 3.05) is 34.4 Å². The zero-order chi connectivity index (χ0) is 22.8. The second-order valence-corrected chi connectivity index (χ2v) is 8.73. The number of likely N-dealkylation sites (tertiary alicyclic amines) is 1. The molecule has 1 aromatic carbocycles. The standard InChI is InChI=1S/C22H28N4O5S/c1-5-17-23-22-26(24-17)20(27)19(32-22)18(14-6-7-15(29-2)16(12-14)30-3)25-10-8-13(9-11-25)21(28)31-4/h6-7,12-13,18,27H,5,8-11H2,1-4H3/t18-/m0/s1. The molecule has 0 spiro atoms. The molecule has 0 amide bonds. The second-order valence-electron chi connectivity index (χ2n) is 7.72. The molecule has 1 aliphatic rings. The van der Waals surface area contributed by atoms with E-state index in [4.69, 9.17) is 14.2 Å². The van der Waals surface area contributed by atoms with Gasteiger partial charge in [0.2, 0.25) is 10.8 Å². The predicted molar refractivity (Wildman–Crippen MR) is 120 cm³/mol. The van der Waals surface area contributed by atoms with Crippen molar-refractivity contribution >= 4 is 22.3 Å². The molecule has 32 heavy (non-hydrogen) atoms. The van der Waals surface area contributed by atoms with Crippen molar-refractivity contribution in [1.29, 1.82) is 0 Å². The van der Waals surface area contributed by atoms with E-state index in [0.717, 1.165) is 10.4 Å². The molecule has 0 aliphatic carbocycles. The van der Waals surface area contributed by atoms with E-state index >= 15 is 0 Å². The van der Waals surface area contributed by atoms with Gasteiger partial charge >= 0.3 is 5.97 Å². The van der Waals surface area contributed by atoms with E-state index in [1.807, 2.05) is 25.1 Å². The minimum atomic E-state index is -0.244. The molecule has 1 aliphatic heterocycles. The summed E-state index contributed by atoms with van der Waals surface area (Å²) in [4.78, 5) is 20.2. The third-order valence-corrected chi connectivity index (χ3v) is 7.03. The lowest BCUT2D eigenvalue weighted by Gasteiger charge is -2.36. The summed E-state index contributed by atoms with van der Waals surface area (Å²) in [5, 5.41) is 15.5. The highest BCUT2D eigenvalue weighted by Gasteiger charge is 2.34. The van der Waals surface area contributed by atoms with E-state index < -0.39 is 0 Å². The number of thiazole rings is 1. The fourth-order valence-electron chi connectivity index (χ4n) is 4.23. The first-order valence-electron chi connectivity index (χ1n) is 10.6. The monoisotopic (exact) mass is 460 g/mol. The summed E-state index contributed by atoms with van der Waals surface area (Å²) in [7, 11) is 4.63. The molecule has 0 unspecified atom stereocenters. The largest absolute Gasteiger partial charge is 0.493 e. The third kappa shape index (κ3) is 4.00. The second kappa shape index (κ2) is 9.33. The number of carbonyl (C=O) groups excluding carboxylic acids is 1. The van der Waals surface area contributed by atoms with Gasteiger partial charge < -0.3 is 19.3 Å². The van der Waals surface area contributed by atoms with Crippen LogP contribution in [0.2, 0.25) is 0 Å². The number of hydrogen-bond donors (Lipinski definition) is 1. The highest BCUT2D eigenvalue weighted by molar-refractivity contribution is 7.17. The molecule has 9 nitrogen and oxygen atoms in total. The number of rotatable bonds is 7. The van der Waals surface area contributed by atoms with E-state index in [1.165, 1.54) is 23.0 Å². The number of piperidine rings is 1. The van der Waals surface area contributed by atoms with Gasteiger partial charge in [-0.3, -0.25) is 9.69 Å². The molecule has 1 saturated heterocycles. The van der Waals surface area contributed by atoms with Gasteiger partial charge in [-0.2, -0.15) is 4.52 Å². The first-order valence-corrected chi connectivity index (χ1v) is 11.4. The van der Waals surface area contributed by atoms with E-state index in [2.05, 4.69) is 15.0 Å². The number of fused-ring (bicyclic) bond motifs is 1. The van der Waals surface area contributed by atoms with Crippen LogP contribution in [0.4, 0.5) is 0 Å². The highest BCUT2D eigenvalue weighted by Crippen LogP contribution is 2.43. The first-order chi connectivity index (χ1) is 15.5. The summed E-state index contributed by atoms with van der Waals surface area (Å²) in [5.41, 5.74) is 0.953. The molecular formula is C22H28N4O5S. The number of aromatic hydroxyl groups is 1. The summed E-state index contributed by atoms with van der Waals surface area (Å²) in [5.74, 6) is 1.77. The lowest BCUT2D eigenvalue weighted by atomic mass is 9.93. The van der Waals surface area contributed by atoms with Gasteiger partial charge in [0.1, 0.15) is 0 Å². The third-order valence-electron chi connectivity index (χ3n) is 5.96. The van der Waals surface area contributed by atoms with Crippen LogP contribution >= 0.6 is 11.3 Å². The van der Waals surface area contributed by atoms with Crippen LogP contribution in [0.3, 0.4) is 0 Å². The Morgan fingerprint density at radius 1 is 1.22 bits per heavy atom. The van der Waals surface area contributed by atoms with Gasteiger partial charge in [-0.25, -0.2) is 4.98 Å². The van der Waals surface area contributed by atoms with Gasteiger partial charge in [0.25, 0.3) is 0 Å². The van der Waals surface area contributed by atoms with E-state index in [0.29, 0.717) is 54.6 Å². The Labute approximate surface area is 190 Å². The van der Waals surface area contributed by atoms with Gasteiger partial charge in [-0.1, -0.05) is 24.3 Å². The maximum Gasteiger partial charge on any atom is 0.308 e. The summed E-state index contributed by atoms with van der Waals surface area (Å²) in [6, 6.07) is 5.53. The fraction of sp³-hybridized carbons (Fsp3) is 0.500. The van der Waals surface area contributed by atoms with Crippen molar-refractivity contribution in [3.63, 3.8) is 0 Å². The average molecular weight is 461 g/mol. The smallest absolute Gasteiger partial charge is 0.308 e. The van der Waals surface area contributed by atoms with Crippen LogP contribution < -0.4 is 9.47 Å². The Morgan fingerprint density at radius 3 is 2.53 bits per heavy atom. The van der Waals surface area contributed by atoms with Crippen molar-refractivity contribution < 1.29 is 24.1 Å². The molecule has 172 valence electrons. The maximum atomic E-state index is 12.0. The van der Waals surface area contributed by atoms with Crippen molar-refractivity contribution in [3.05, 3.63) is 34.5 Å². The normalized spacial score (nSPS) is 16.2. The SMILES string of the molecule is CCc1nc2sc([C@H](c3ccc(OC)c(OC)c3)N3CCC(C(=O)OC)CC3)c(O)n2n1. The topological polar surface area (TPSA) is 98.4 Å². The minimum Gasteiger partial charge on any atom is -0.493 e. The van der Waals surface area contributed by atoms with Crippen LogP contribution in [0, 0.1) is 5.92 Å². The summed E-state index contributed by atoms with van der Waals surface area (Å²) in [6.45, 7) is 3.35. The molecule has 0 bridgehead atoms. The summed E-state index contributed by atoms with van der Waals surface area (Å²) in [6.07, 6.45) is 2.08. The van der Waals surface area contributed by atoms with E-state index in [1.54, 1.807) is 14.2 Å². The lowest BCUT2D eigenvalue weighted by Crippen LogP contribution is -2.39. The van der Waals surface area contributed by atoms with Crippen molar-refractivity contribution in [1.82, 2.24) is 19.5 Å². The van der Waals surface area contributed by atoms with E-state index in [9.17, 15) is 9.90 Å². The highest BCUT2D eigenvalue weighted by atomic mass is 32.1. The lowest BCUT2D eigenvalue weighted by molar-refractivity contribution is -0.147. The molecule has 4 rings (SSSR count). The maximum absolute atomic E-state index is 12.0. The number of methoxy groups -OCH3 is 3. The molecule has 3 aromatic rings. The zero-order valence-corrected chi connectivity index (χ0v) is 19.5. The molecule has 1 N–H and O–H groups in total. The number of esters is 1. The number of ether oxygens (including phenoxy) is 3. The number of hydrogen-bond acceptors (Lipinski definition) is 9. The number of aryl methyl sites for hydroxylation is 1. The zero-order valence-electron chi connectivity index (χ0n) is 18.7. The Morgan fingerprint density at radius 2 is 1.94 bits per heavy atom. The minimum absolute atomic E-state index is 0.0899. The van der Waals surface area contributed by atoms with E-state index in [-0.39, 0.29) is 23.8 Å². The molecule has 1 fully saturated rings. The Hall–Kier alpha value is -2.85. The summed E-state index contributed by atoms with van der Waals surface area (Å²) < 4.78 is 17.4. The van der Waals surface area contributed by atoms with Crippen LogP contribution in [0.1, 0.15) is 42.1 Å². The van der Waals surface area contributed by atoms with Crippen LogP contribution in [0.5, 0.6) is 17.4 Å². The molecule has 1 atom stereocenters. The van der Waals surface area contributed by atoms with Crippen molar-refractivity contribution in [3.8, 4) is 17.4 Å². The van der Waals surface area contributed by atoms with Crippen LogP contribution in [-0.2, 0) is 16.0 Å². The molecule has 2 aromatic heterocycles. The predicted octanol–water partition coefficient (Wildman–Crippen LogP) is 3.05. The van der Waals surface area contributed by atoms with Gasteiger partial charge in [-0.05, 0) is 43.6 Å². The quantitative estimate of drug-likeness (QED) is 0.537. The Kier molecular flexibility index (Phi) is 6.52. The molecular weight excluding hydrogens is 432 g/mol. The number of aromatic nitrogens is 3. The Balaban J connectivity index is 1.75. The van der Waals surface area contributed by atoms with Gasteiger partial charge in [0.15, 0.2) is 17.3 Å². The van der Waals surface area contributed by atoms with Crippen LogP contribution in [0.25, 0.3) is 4.96 Å². The molecule has 0 radical (unpaired) electrons. The molecule has 10 heteroatoms. The van der Waals surface area contributed by atoms with Crippen molar-refractivity contribution in [2.24, 2.45) is 5.92 Å². The number of benzene rings is 1. The average Bonchev–Trinajstić information content (AvgIpc) is 3.38. The summed E-state index contributed by atoms with van der Waals surface area (Å²) >= 11 is 1.43. The first kappa shape index (κ1) is 22.3. The van der Waals surface area contributed by atoms with Crippen molar-refractivity contribution in [2.45, 2.75) is 32.2 Å². The number of nitrogens with zero attached hydrogens (tertiary/aromatic N) is 4. The van der Waals surface area contributed by atoms with Crippen LogP contribution in [-0.4, -0.2) is 65.0 Å². The Bertz CT molecular complexity index is 1100. The van der Waals surface area contributed by atoms with Gasteiger partial charge in [0, 0.05) is 6.42 Å². The van der Waals surface area contributed by atoms with Gasteiger partial charge in [-0.15, -0.1) is 5.10 Å². The van der Waals surface area contributed by atoms with Gasteiger partial charge in [0.05, 0.1) is 38.2 Å². The number of carbonyl (C=O) groups is 1. The van der Waals surface area contributed by atoms with Crippen LogP contribution in [0.15, 0.2) is 18.2 Å². The molecule has 0 saturated carbocycles. The molecule has 3 heterocycles. The fourth-order valence-corrected chi connectivity index (χ4v) is 5.37.